The van der Waals surface area contributed by atoms with Gasteiger partial charge in [0, 0.05) is 11.6 Å². The first-order chi connectivity index (χ1) is 12.8. The fourth-order valence-electron chi connectivity index (χ4n) is 2.71. The van der Waals surface area contributed by atoms with Crippen molar-refractivity contribution in [2.45, 2.75) is 33.1 Å². The Morgan fingerprint density at radius 2 is 2.04 bits per heavy atom. The van der Waals surface area contributed by atoms with Crippen molar-refractivity contribution in [2.24, 2.45) is 5.10 Å². The minimum Gasteiger partial charge on any atom is -0.496 e. The molecule has 1 amide bonds. The Labute approximate surface area is 158 Å². The Hall–Kier alpha value is -3.22. The second-order valence-corrected chi connectivity index (χ2v) is 6.46. The van der Waals surface area contributed by atoms with Crippen LogP contribution in [-0.4, -0.2) is 24.2 Å². The minimum atomic E-state index is -0.500. The monoisotopic (exact) mass is 369 g/mol. The molecule has 0 saturated carbocycles. The third-order valence-corrected chi connectivity index (χ3v) is 4.17. The number of ether oxygens (including phenoxy) is 1. The van der Waals surface area contributed by atoms with Crippen LogP contribution in [0.5, 0.6) is 5.75 Å². The van der Waals surface area contributed by atoms with Crippen molar-refractivity contribution >= 4 is 17.8 Å². The molecule has 0 aliphatic heterocycles. The van der Waals surface area contributed by atoms with E-state index in [1.54, 1.807) is 31.5 Å². The molecule has 0 aromatic heterocycles. The molecule has 0 fully saturated rings. The highest BCUT2D eigenvalue weighted by molar-refractivity contribution is 5.85. The zero-order chi connectivity index (χ0) is 20.0. The maximum atomic E-state index is 12.1. The number of hydrazone groups is 1. The van der Waals surface area contributed by atoms with Crippen LogP contribution >= 0.6 is 0 Å². The van der Waals surface area contributed by atoms with Gasteiger partial charge in [-0.15, -0.1) is 0 Å². The van der Waals surface area contributed by atoms with Crippen LogP contribution in [-0.2, 0) is 11.2 Å². The highest BCUT2D eigenvalue weighted by Gasteiger charge is 2.15. The minimum absolute atomic E-state index is 0.0794. The number of carbonyl (C=O) groups excluding carboxylic acids is 1. The van der Waals surface area contributed by atoms with E-state index in [9.17, 15) is 14.9 Å². The molecule has 0 aliphatic carbocycles. The normalized spacial score (nSPS) is 11.0. The molecular formula is C20H23N3O4. The predicted octanol–water partition coefficient (Wildman–Crippen LogP) is 3.73. The van der Waals surface area contributed by atoms with Gasteiger partial charge in [0.1, 0.15) is 5.75 Å². The van der Waals surface area contributed by atoms with Crippen LogP contribution in [0.15, 0.2) is 41.5 Å². The van der Waals surface area contributed by atoms with Gasteiger partial charge in [0.05, 0.1) is 24.7 Å². The smallest absolute Gasteiger partial charge is 0.273 e. The SMILES string of the molecule is COc1cc(C)c(/C=N/NC(=O)Cc2ccccc2[N+](=O)[O-])cc1C(C)C. The Kier molecular flexibility index (Phi) is 6.65. The van der Waals surface area contributed by atoms with Gasteiger partial charge in [-0.2, -0.15) is 5.10 Å². The molecule has 0 heterocycles. The van der Waals surface area contributed by atoms with Crippen molar-refractivity contribution in [3.8, 4) is 5.75 Å². The van der Waals surface area contributed by atoms with Gasteiger partial charge in [-0.3, -0.25) is 14.9 Å². The molecule has 0 unspecified atom stereocenters. The molecule has 142 valence electrons. The average molecular weight is 369 g/mol. The fraction of sp³-hybridized carbons (Fsp3) is 0.300. The van der Waals surface area contributed by atoms with Crippen LogP contribution in [0.3, 0.4) is 0 Å². The number of nitrogens with one attached hydrogen (secondary N) is 1. The van der Waals surface area contributed by atoms with Crippen molar-refractivity contribution in [1.82, 2.24) is 5.43 Å². The Balaban J connectivity index is 2.10. The number of rotatable bonds is 7. The molecular weight excluding hydrogens is 346 g/mol. The van der Waals surface area contributed by atoms with Crippen LogP contribution in [0.4, 0.5) is 5.69 Å². The molecule has 2 aromatic carbocycles. The standard InChI is InChI=1S/C20H23N3O4/c1-13(2)17-10-16(14(3)9-19(17)27-4)12-21-22-20(24)11-15-7-5-6-8-18(15)23(25)26/h5-10,12-13H,11H2,1-4H3,(H,22,24)/b21-12+. The molecule has 0 radical (unpaired) electrons. The number of para-hydroxylation sites is 1. The Bertz CT molecular complexity index is 876. The summed E-state index contributed by atoms with van der Waals surface area (Å²) in [5.41, 5.74) is 5.58. The molecule has 2 rings (SSSR count). The van der Waals surface area contributed by atoms with Crippen LogP contribution in [0, 0.1) is 17.0 Å². The van der Waals surface area contributed by atoms with Crippen molar-refractivity contribution in [1.29, 1.82) is 0 Å². The number of aryl methyl sites for hydroxylation is 1. The lowest BCUT2D eigenvalue weighted by atomic mass is 9.97. The summed E-state index contributed by atoms with van der Waals surface area (Å²) in [4.78, 5) is 22.6. The maximum Gasteiger partial charge on any atom is 0.273 e. The first-order valence-electron chi connectivity index (χ1n) is 8.56. The first-order valence-corrected chi connectivity index (χ1v) is 8.56. The van der Waals surface area contributed by atoms with Crippen molar-refractivity contribution in [2.75, 3.05) is 7.11 Å². The highest BCUT2D eigenvalue weighted by Crippen LogP contribution is 2.29. The van der Waals surface area contributed by atoms with Gasteiger partial charge in [0.15, 0.2) is 0 Å². The number of benzene rings is 2. The summed E-state index contributed by atoms with van der Waals surface area (Å²) in [6.07, 6.45) is 1.45. The third-order valence-electron chi connectivity index (χ3n) is 4.17. The lowest BCUT2D eigenvalue weighted by Crippen LogP contribution is -2.20. The molecule has 2 aromatic rings. The summed E-state index contributed by atoms with van der Waals surface area (Å²) in [7, 11) is 1.64. The second kappa shape index (κ2) is 8.93. The molecule has 1 N–H and O–H groups in total. The quantitative estimate of drug-likeness (QED) is 0.457. The summed E-state index contributed by atoms with van der Waals surface area (Å²) < 4.78 is 5.41. The third kappa shape index (κ3) is 5.13. The summed E-state index contributed by atoms with van der Waals surface area (Å²) in [5.74, 6) is 0.678. The summed E-state index contributed by atoms with van der Waals surface area (Å²) >= 11 is 0. The van der Waals surface area contributed by atoms with E-state index in [0.29, 0.717) is 5.56 Å². The fourth-order valence-corrected chi connectivity index (χ4v) is 2.71. The second-order valence-electron chi connectivity index (χ2n) is 6.46. The van der Waals surface area contributed by atoms with Gasteiger partial charge in [0.2, 0.25) is 5.91 Å². The predicted molar refractivity (Wildman–Crippen MR) is 104 cm³/mol. The van der Waals surface area contributed by atoms with Crippen LogP contribution in [0.25, 0.3) is 0 Å². The van der Waals surface area contributed by atoms with E-state index in [4.69, 9.17) is 4.74 Å². The number of nitro groups is 1. The average Bonchev–Trinajstić information content (AvgIpc) is 2.62. The summed E-state index contributed by atoms with van der Waals surface area (Å²) in [5, 5.41) is 15.0. The van der Waals surface area contributed by atoms with Gasteiger partial charge < -0.3 is 4.74 Å². The molecule has 0 spiro atoms. The molecule has 0 aliphatic rings. The number of nitrogens with zero attached hydrogens (tertiary/aromatic N) is 2. The van der Waals surface area contributed by atoms with E-state index in [1.165, 1.54) is 6.07 Å². The van der Waals surface area contributed by atoms with E-state index >= 15 is 0 Å². The lowest BCUT2D eigenvalue weighted by molar-refractivity contribution is -0.385. The van der Waals surface area contributed by atoms with E-state index < -0.39 is 10.8 Å². The van der Waals surface area contributed by atoms with Crippen LogP contribution in [0.1, 0.15) is 42.0 Å². The number of methoxy groups -OCH3 is 1. The summed E-state index contributed by atoms with van der Waals surface area (Å²) in [6, 6.07) is 10.1. The maximum absolute atomic E-state index is 12.1. The lowest BCUT2D eigenvalue weighted by Gasteiger charge is -2.14. The molecule has 27 heavy (non-hydrogen) atoms. The zero-order valence-electron chi connectivity index (χ0n) is 15.9. The van der Waals surface area contributed by atoms with Crippen LogP contribution in [0.2, 0.25) is 0 Å². The van der Waals surface area contributed by atoms with Gasteiger partial charge in [-0.05, 0) is 41.7 Å². The van der Waals surface area contributed by atoms with Gasteiger partial charge in [0.25, 0.3) is 5.69 Å². The largest absolute Gasteiger partial charge is 0.496 e. The van der Waals surface area contributed by atoms with Gasteiger partial charge in [-0.1, -0.05) is 32.0 Å². The molecule has 0 bridgehead atoms. The van der Waals surface area contributed by atoms with Crippen LogP contribution < -0.4 is 10.2 Å². The molecule has 7 nitrogen and oxygen atoms in total. The van der Waals surface area contributed by atoms with E-state index in [1.807, 2.05) is 19.1 Å². The first kappa shape index (κ1) is 20.1. The highest BCUT2D eigenvalue weighted by atomic mass is 16.6. The molecule has 7 heteroatoms. The van der Waals surface area contributed by atoms with Crippen molar-refractivity contribution in [3.05, 3.63) is 68.8 Å². The Morgan fingerprint density at radius 3 is 2.67 bits per heavy atom. The summed E-state index contributed by atoms with van der Waals surface area (Å²) in [6.45, 7) is 6.08. The van der Waals surface area contributed by atoms with Gasteiger partial charge >= 0.3 is 0 Å². The topological polar surface area (TPSA) is 93.8 Å². The zero-order valence-corrected chi connectivity index (χ0v) is 15.9. The van der Waals surface area contributed by atoms with E-state index in [0.717, 1.165) is 22.4 Å². The number of hydrogen-bond acceptors (Lipinski definition) is 5. The van der Waals surface area contributed by atoms with E-state index in [2.05, 4.69) is 24.4 Å². The van der Waals surface area contributed by atoms with E-state index in [-0.39, 0.29) is 18.0 Å². The Morgan fingerprint density at radius 1 is 1.33 bits per heavy atom. The number of hydrogen-bond donors (Lipinski definition) is 1. The van der Waals surface area contributed by atoms with Gasteiger partial charge in [-0.25, -0.2) is 5.43 Å². The number of carbonyl (C=O) groups is 1. The number of amides is 1. The number of nitro benzene ring substituents is 1. The molecule has 0 atom stereocenters. The van der Waals surface area contributed by atoms with Crippen molar-refractivity contribution < 1.29 is 14.5 Å². The molecule has 0 saturated heterocycles. The van der Waals surface area contributed by atoms with Crippen molar-refractivity contribution in [3.63, 3.8) is 0 Å².